The average Bonchev–Trinajstić information content (AvgIpc) is 3.86. The molecule has 4 aliphatic carbocycles. The molecule has 0 aromatic heterocycles. The average molecular weight is 719 g/mol. The van der Waals surface area contributed by atoms with E-state index in [1.165, 1.54) is 64.6 Å². The number of carbonyl (C=O) groups is 1. The molecule has 8 nitrogen and oxygen atoms in total. The van der Waals surface area contributed by atoms with Gasteiger partial charge < -0.3 is 30.1 Å². The number of ether oxygens (including phenoxy) is 2. The largest absolute Gasteiger partial charge is 0.392 e. The molecular formula is C45H58N4O4. The molecule has 4 atom stereocenters. The van der Waals surface area contributed by atoms with Crippen molar-refractivity contribution in [2.45, 2.75) is 114 Å². The Morgan fingerprint density at radius 2 is 1.47 bits per heavy atom. The highest BCUT2D eigenvalue weighted by atomic mass is 16.7. The van der Waals surface area contributed by atoms with Crippen molar-refractivity contribution in [3.05, 3.63) is 95.1 Å². The third-order valence-corrected chi connectivity index (χ3v) is 13.6. The topological polar surface area (TPSA) is 86.3 Å². The van der Waals surface area contributed by atoms with Crippen molar-refractivity contribution in [2.24, 2.45) is 17.8 Å². The Morgan fingerprint density at radius 1 is 0.774 bits per heavy atom. The van der Waals surface area contributed by atoms with Crippen molar-refractivity contribution in [1.82, 2.24) is 20.4 Å². The molecule has 4 bridgehead atoms. The monoisotopic (exact) mass is 718 g/mol. The second-order valence-corrected chi connectivity index (χ2v) is 17.4. The lowest BCUT2D eigenvalue weighted by molar-refractivity contribution is -0.253. The summed E-state index contributed by atoms with van der Waals surface area (Å²) in [7, 11) is 0. The van der Waals surface area contributed by atoms with Crippen LogP contribution in [0.1, 0.15) is 105 Å². The quantitative estimate of drug-likeness (QED) is 0.188. The predicted octanol–water partition coefficient (Wildman–Crippen LogP) is 7.72. The highest BCUT2D eigenvalue weighted by molar-refractivity contribution is 5.76. The summed E-state index contributed by atoms with van der Waals surface area (Å²) in [6, 6.07) is 25.8. The number of likely N-dealkylation sites (tertiary alicyclic amines) is 2. The van der Waals surface area contributed by atoms with Crippen LogP contribution >= 0.6 is 0 Å². The molecule has 4 unspecified atom stereocenters. The molecule has 3 aromatic rings. The number of aliphatic hydroxyl groups is 1. The number of urea groups is 1. The molecule has 53 heavy (non-hydrogen) atoms. The number of carbonyl (C=O) groups excluding carboxylic acids is 1. The lowest BCUT2D eigenvalue weighted by Gasteiger charge is -2.56. The van der Waals surface area contributed by atoms with Gasteiger partial charge in [0.2, 0.25) is 0 Å². The summed E-state index contributed by atoms with van der Waals surface area (Å²) in [6.07, 6.45) is 13.0. The second kappa shape index (κ2) is 15.5. The van der Waals surface area contributed by atoms with E-state index >= 15 is 0 Å². The van der Waals surface area contributed by atoms with Gasteiger partial charge in [-0.1, -0.05) is 72.8 Å². The Balaban J connectivity index is 0.879. The van der Waals surface area contributed by atoms with Gasteiger partial charge in [0.1, 0.15) is 0 Å². The van der Waals surface area contributed by atoms with E-state index in [0.29, 0.717) is 12.6 Å². The summed E-state index contributed by atoms with van der Waals surface area (Å²) in [5, 5.41) is 16.3. The first-order valence-electron chi connectivity index (χ1n) is 20.7. The van der Waals surface area contributed by atoms with Crippen LogP contribution in [0.25, 0.3) is 11.1 Å². The van der Waals surface area contributed by atoms with Crippen LogP contribution in [-0.2, 0) is 22.6 Å². The fourth-order valence-electron chi connectivity index (χ4n) is 11.4. The third-order valence-electron chi connectivity index (χ3n) is 13.6. The number of rotatable bonds is 11. The highest BCUT2D eigenvalue weighted by Crippen LogP contribution is 2.55. The first kappa shape index (κ1) is 35.4. The molecule has 3 N–H and O–H groups in total. The van der Waals surface area contributed by atoms with Crippen LogP contribution in [0.5, 0.6) is 0 Å². The fraction of sp³-hybridized carbons (Fsp3) is 0.578. The van der Waals surface area contributed by atoms with Crippen molar-refractivity contribution in [2.75, 3.05) is 32.7 Å². The summed E-state index contributed by atoms with van der Waals surface area (Å²) in [5.41, 5.74) is 6.38. The Bertz CT molecular complexity index is 1670. The van der Waals surface area contributed by atoms with Gasteiger partial charge in [-0.05, 0) is 129 Å². The van der Waals surface area contributed by atoms with Crippen LogP contribution in [0.4, 0.5) is 4.79 Å². The molecule has 282 valence electrons. The van der Waals surface area contributed by atoms with E-state index < -0.39 is 6.29 Å². The van der Waals surface area contributed by atoms with Crippen LogP contribution in [-0.4, -0.2) is 71.3 Å². The number of amides is 2. The van der Waals surface area contributed by atoms with Gasteiger partial charge in [0.05, 0.1) is 18.8 Å². The van der Waals surface area contributed by atoms with Crippen molar-refractivity contribution < 1.29 is 19.4 Å². The first-order valence-corrected chi connectivity index (χ1v) is 20.7. The molecule has 3 saturated heterocycles. The van der Waals surface area contributed by atoms with Gasteiger partial charge in [-0.15, -0.1) is 0 Å². The normalized spacial score (nSPS) is 32.7. The van der Waals surface area contributed by atoms with Gasteiger partial charge in [0.25, 0.3) is 0 Å². The molecular weight excluding hydrogens is 661 g/mol. The Hall–Kier alpha value is -3.27. The molecule has 8 heteroatoms. The van der Waals surface area contributed by atoms with Crippen molar-refractivity contribution in [1.29, 1.82) is 0 Å². The second-order valence-electron chi connectivity index (χ2n) is 17.4. The van der Waals surface area contributed by atoms with Crippen molar-refractivity contribution >= 4 is 6.03 Å². The number of hydrogen-bond donors (Lipinski definition) is 3. The van der Waals surface area contributed by atoms with Crippen LogP contribution in [0.15, 0.2) is 72.8 Å². The first-order chi connectivity index (χ1) is 26.0. The summed E-state index contributed by atoms with van der Waals surface area (Å²) in [4.78, 5) is 18.6. The van der Waals surface area contributed by atoms with Crippen LogP contribution < -0.4 is 10.6 Å². The van der Waals surface area contributed by atoms with E-state index in [-0.39, 0.29) is 30.4 Å². The molecule has 2 amide bonds. The minimum atomic E-state index is -0.477. The summed E-state index contributed by atoms with van der Waals surface area (Å²) in [6.45, 7) is 6.21. The Labute approximate surface area is 315 Å². The zero-order valence-electron chi connectivity index (χ0n) is 31.3. The van der Waals surface area contributed by atoms with Gasteiger partial charge in [-0.3, -0.25) is 4.90 Å². The lowest BCUT2D eigenvalue weighted by atomic mass is 9.53. The number of nitrogens with zero attached hydrogens (tertiary/aromatic N) is 2. The molecule has 4 saturated carbocycles. The smallest absolute Gasteiger partial charge is 0.315 e. The highest BCUT2D eigenvalue weighted by Gasteiger charge is 2.51. The van der Waals surface area contributed by atoms with Gasteiger partial charge in [0.15, 0.2) is 6.29 Å². The standard InChI is InChI=1S/C45H58N4O4/c50-30-31-9-11-36(12-10-31)42-23-40(29-49-19-5-7-39(49)28-48-17-3-4-18-48)52-43(53-42)37-15-13-35(14-16-37)41-8-2-1-6-38(41)27-46-44(51)47-45-24-32-20-33(25-45)22-34(21-32)26-45/h1-2,6,8-16,32-34,39-40,42-43,50H,3-5,7,17-30H2,(H2,46,47,51). The van der Waals surface area contributed by atoms with Crippen molar-refractivity contribution in [3.8, 4) is 11.1 Å². The maximum absolute atomic E-state index is 13.3. The number of benzene rings is 3. The van der Waals surface area contributed by atoms with E-state index in [0.717, 1.165) is 89.9 Å². The lowest BCUT2D eigenvalue weighted by Crippen LogP contribution is -2.61. The molecule has 10 rings (SSSR count). The zero-order chi connectivity index (χ0) is 35.8. The fourth-order valence-corrected chi connectivity index (χ4v) is 11.4. The number of nitrogens with one attached hydrogen (secondary N) is 2. The molecule has 3 aromatic carbocycles. The summed E-state index contributed by atoms with van der Waals surface area (Å²) >= 11 is 0. The number of hydrogen-bond acceptors (Lipinski definition) is 6. The Morgan fingerprint density at radius 3 is 2.19 bits per heavy atom. The van der Waals surface area contributed by atoms with E-state index in [2.05, 4.69) is 81.1 Å². The van der Waals surface area contributed by atoms with Gasteiger partial charge >= 0.3 is 6.03 Å². The Kier molecular flexibility index (Phi) is 10.3. The van der Waals surface area contributed by atoms with Gasteiger partial charge in [0, 0.05) is 43.2 Å². The van der Waals surface area contributed by atoms with Gasteiger partial charge in [-0.2, -0.15) is 0 Å². The molecule has 0 radical (unpaired) electrons. The molecule has 0 spiro atoms. The minimum absolute atomic E-state index is 0.00211. The predicted molar refractivity (Wildman–Crippen MR) is 207 cm³/mol. The molecule has 7 aliphatic rings. The van der Waals surface area contributed by atoms with Crippen molar-refractivity contribution in [3.63, 3.8) is 0 Å². The van der Waals surface area contributed by atoms with Gasteiger partial charge in [-0.25, -0.2) is 4.79 Å². The summed E-state index contributed by atoms with van der Waals surface area (Å²) in [5.74, 6) is 2.39. The third kappa shape index (κ3) is 7.95. The molecule has 7 fully saturated rings. The van der Waals surface area contributed by atoms with E-state index in [4.69, 9.17) is 9.47 Å². The maximum Gasteiger partial charge on any atom is 0.315 e. The van der Waals surface area contributed by atoms with Crippen LogP contribution in [0.3, 0.4) is 0 Å². The zero-order valence-corrected chi connectivity index (χ0v) is 31.3. The molecule has 3 heterocycles. The maximum atomic E-state index is 13.3. The summed E-state index contributed by atoms with van der Waals surface area (Å²) < 4.78 is 13.5. The molecule has 3 aliphatic heterocycles. The van der Waals surface area contributed by atoms with E-state index in [1.54, 1.807) is 0 Å². The van der Waals surface area contributed by atoms with E-state index in [1.807, 2.05) is 12.1 Å². The minimum Gasteiger partial charge on any atom is -0.392 e. The SMILES string of the molecule is O=C(NCc1ccccc1-c1ccc(C2OC(CN3CCCC3CN3CCCC3)CC(c3ccc(CO)cc3)O2)cc1)NC12CC3CC(CC(C3)C1)C2. The van der Waals surface area contributed by atoms with Crippen LogP contribution in [0, 0.1) is 17.8 Å². The number of aliphatic hydroxyl groups excluding tert-OH is 1. The van der Waals surface area contributed by atoms with Crippen LogP contribution in [0.2, 0.25) is 0 Å². The van der Waals surface area contributed by atoms with E-state index in [9.17, 15) is 9.90 Å².